The largest absolute Gasteiger partial charge is 0.330 e. The number of hydrogen-bond acceptors (Lipinski definition) is 2. The molecule has 2 fully saturated rings. The fourth-order valence-corrected chi connectivity index (χ4v) is 2.89. The Morgan fingerprint density at radius 1 is 1.08 bits per heavy atom. The number of nitrogens with two attached hydrogens (primary N) is 2. The van der Waals surface area contributed by atoms with Gasteiger partial charge in [-0.3, -0.25) is 0 Å². The predicted molar refractivity (Wildman–Crippen MR) is 50.6 cm³/mol. The van der Waals surface area contributed by atoms with Gasteiger partial charge in [-0.25, -0.2) is 0 Å². The molecule has 0 aromatic heterocycles. The first kappa shape index (κ1) is 8.52. The molecule has 2 saturated carbocycles. The highest BCUT2D eigenvalue weighted by Gasteiger charge is 2.49. The van der Waals surface area contributed by atoms with Crippen LogP contribution in [0.2, 0.25) is 0 Å². The molecule has 0 amide bonds. The SMILES string of the molecule is NCC1(CN)CCC1C1CCC1. The molecule has 1 atom stereocenters. The quantitative estimate of drug-likeness (QED) is 0.663. The van der Waals surface area contributed by atoms with Gasteiger partial charge in [0.05, 0.1) is 0 Å². The molecule has 0 aliphatic heterocycles. The van der Waals surface area contributed by atoms with E-state index in [0.717, 1.165) is 24.9 Å². The summed E-state index contributed by atoms with van der Waals surface area (Å²) in [6.07, 6.45) is 6.98. The second-order valence-corrected chi connectivity index (χ2v) is 4.61. The molecule has 2 rings (SSSR count). The fourth-order valence-electron chi connectivity index (χ4n) is 2.89. The fraction of sp³-hybridized carbons (Fsp3) is 1.00. The monoisotopic (exact) mass is 168 g/mol. The van der Waals surface area contributed by atoms with Gasteiger partial charge in [0.15, 0.2) is 0 Å². The topological polar surface area (TPSA) is 52.0 Å². The molecule has 0 saturated heterocycles. The molecular formula is C10H20N2. The second-order valence-electron chi connectivity index (χ2n) is 4.61. The van der Waals surface area contributed by atoms with Crippen molar-refractivity contribution in [3.05, 3.63) is 0 Å². The third kappa shape index (κ3) is 1.01. The summed E-state index contributed by atoms with van der Waals surface area (Å²) in [7, 11) is 0. The van der Waals surface area contributed by atoms with E-state index in [1.54, 1.807) is 0 Å². The first-order chi connectivity index (χ1) is 5.82. The van der Waals surface area contributed by atoms with Crippen LogP contribution in [-0.2, 0) is 0 Å². The van der Waals surface area contributed by atoms with Gasteiger partial charge >= 0.3 is 0 Å². The van der Waals surface area contributed by atoms with Crippen molar-refractivity contribution in [3.8, 4) is 0 Å². The molecule has 12 heavy (non-hydrogen) atoms. The van der Waals surface area contributed by atoms with Crippen LogP contribution in [0.5, 0.6) is 0 Å². The highest BCUT2D eigenvalue weighted by Crippen LogP contribution is 2.54. The number of rotatable bonds is 3. The van der Waals surface area contributed by atoms with Crippen LogP contribution in [0.25, 0.3) is 0 Å². The zero-order valence-electron chi connectivity index (χ0n) is 7.76. The van der Waals surface area contributed by atoms with Crippen molar-refractivity contribution >= 4 is 0 Å². The Morgan fingerprint density at radius 3 is 2.00 bits per heavy atom. The van der Waals surface area contributed by atoms with Crippen molar-refractivity contribution in [2.45, 2.75) is 32.1 Å². The van der Waals surface area contributed by atoms with Crippen LogP contribution in [0.15, 0.2) is 0 Å². The maximum absolute atomic E-state index is 5.81. The van der Waals surface area contributed by atoms with E-state index >= 15 is 0 Å². The molecular weight excluding hydrogens is 148 g/mol. The van der Waals surface area contributed by atoms with Gasteiger partial charge in [0.1, 0.15) is 0 Å². The van der Waals surface area contributed by atoms with Gasteiger partial charge in [-0.2, -0.15) is 0 Å². The standard InChI is InChI=1S/C10H20N2/c11-6-10(7-12)5-4-9(10)8-2-1-3-8/h8-9H,1-7,11-12H2. The summed E-state index contributed by atoms with van der Waals surface area (Å²) in [6, 6.07) is 0. The molecule has 2 heteroatoms. The van der Waals surface area contributed by atoms with Crippen molar-refractivity contribution in [2.24, 2.45) is 28.7 Å². The summed E-state index contributed by atoms with van der Waals surface area (Å²) in [5.74, 6) is 1.85. The molecule has 2 aliphatic carbocycles. The maximum atomic E-state index is 5.81. The third-order valence-electron chi connectivity index (χ3n) is 4.27. The minimum atomic E-state index is 0.352. The second kappa shape index (κ2) is 3.00. The maximum Gasteiger partial charge on any atom is -0.000567 e. The summed E-state index contributed by atoms with van der Waals surface area (Å²) >= 11 is 0. The van der Waals surface area contributed by atoms with Gasteiger partial charge in [-0.1, -0.05) is 19.3 Å². The predicted octanol–water partition coefficient (Wildman–Crippen LogP) is 1.10. The van der Waals surface area contributed by atoms with E-state index in [1.165, 1.54) is 32.1 Å². The molecule has 2 nitrogen and oxygen atoms in total. The van der Waals surface area contributed by atoms with E-state index in [1.807, 2.05) is 0 Å². The van der Waals surface area contributed by atoms with Crippen LogP contribution in [0, 0.1) is 17.3 Å². The lowest BCUT2D eigenvalue weighted by molar-refractivity contribution is -0.0268. The Hall–Kier alpha value is -0.0800. The molecule has 0 aromatic rings. The summed E-state index contributed by atoms with van der Waals surface area (Å²) in [6.45, 7) is 1.62. The van der Waals surface area contributed by atoms with Crippen LogP contribution in [0.3, 0.4) is 0 Å². The van der Waals surface area contributed by atoms with E-state index in [4.69, 9.17) is 11.5 Å². The summed E-state index contributed by atoms with van der Waals surface area (Å²) in [5.41, 5.74) is 12.0. The highest BCUT2D eigenvalue weighted by molar-refractivity contribution is 5.01. The average Bonchev–Trinajstić information content (AvgIpc) is 1.98. The van der Waals surface area contributed by atoms with E-state index in [9.17, 15) is 0 Å². The zero-order chi connectivity index (χ0) is 8.60. The lowest BCUT2D eigenvalue weighted by Crippen LogP contribution is -2.54. The van der Waals surface area contributed by atoms with Crippen molar-refractivity contribution < 1.29 is 0 Å². The Bertz CT molecular complexity index is 154. The minimum Gasteiger partial charge on any atom is -0.330 e. The van der Waals surface area contributed by atoms with Crippen LogP contribution in [-0.4, -0.2) is 13.1 Å². The summed E-state index contributed by atoms with van der Waals surface area (Å²) in [4.78, 5) is 0. The molecule has 0 heterocycles. The first-order valence-corrected chi connectivity index (χ1v) is 5.22. The molecule has 2 aliphatic rings. The van der Waals surface area contributed by atoms with Gasteiger partial charge in [0.25, 0.3) is 0 Å². The molecule has 70 valence electrons. The molecule has 0 spiro atoms. The Labute approximate surface area is 74.7 Å². The molecule has 1 unspecified atom stereocenters. The Balaban J connectivity index is 1.97. The summed E-state index contributed by atoms with van der Waals surface area (Å²) in [5, 5.41) is 0. The average molecular weight is 168 g/mol. The molecule has 0 bridgehead atoms. The smallest absolute Gasteiger partial charge is 0.000567 e. The van der Waals surface area contributed by atoms with Crippen LogP contribution in [0.1, 0.15) is 32.1 Å². The van der Waals surface area contributed by atoms with Gasteiger partial charge in [-0.05, 0) is 43.2 Å². The van der Waals surface area contributed by atoms with Crippen LogP contribution < -0.4 is 11.5 Å². The van der Waals surface area contributed by atoms with E-state index in [-0.39, 0.29) is 0 Å². The van der Waals surface area contributed by atoms with Gasteiger partial charge in [0.2, 0.25) is 0 Å². The first-order valence-electron chi connectivity index (χ1n) is 5.22. The Morgan fingerprint density at radius 2 is 1.75 bits per heavy atom. The van der Waals surface area contributed by atoms with Crippen molar-refractivity contribution in [3.63, 3.8) is 0 Å². The van der Waals surface area contributed by atoms with Gasteiger partial charge < -0.3 is 11.5 Å². The van der Waals surface area contributed by atoms with E-state index in [0.29, 0.717) is 5.41 Å². The Kier molecular flexibility index (Phi) is 2.13. The van der Waals surface area contributed by atoms with Crippen molar-refractivity contribution in [2.75, 3.05) is 13.1 Å². The number of hydrogen-bond donors (Lipinski definition) is 2. The van der Waals surface area contributed by atoms with E-state index in [2.05, 4.69) is 0 Å². The summed E-state index contributed by atoms with van der Waals surface area (Å²) < 4.78 is 0. The lowest BCUT2D eigenvalue weighted by Gasteiger charge is -2.54. The zero-order valence-corrected chi connectivity index (χ0v) is 7.76. The lowest BCUT2D eigenvalue weighted by atomic mass is 9.52. The minimum absolute atomic E-state index is 0.352. The van der Waals surface area contributed by atoms with Gasteiger partial charge in [0, 0.05) is 0 Å². The normalized spacial score (nSPS) is 34.0. The molecule has 0 aromatic carbocycles. The van der Waals surface area contributed by atoms with Gasteiger partial charge in [-0.15, -0.1) is 0 Å². The van der Waals surface area contributed by atoms with E-state index < -0.39 is 0 Å². The van der Waals surface area contributed by atoms with Crippen molar-refractivity contribution in [1.29, 1.82) is 0 Å². The van der Waals surface area contributed by atoms with Crippen LogP contribution >= 0.6 is 0 Å². The molecule has 4 N–H and O–H groups in total. The van der Waals surface area contributed by atoms with Crippen molar-refractivity contribution in [1.82, 2.24) is 0 Å². The highest BCUT2D eigenvalue weighted by atomic mass is 14.7. The van der Waals surface area contributed by atoms with Crippen LogP contribution in [0.4, 0.5) is 0 Å². The third-order valence-corrected chi connectivity index (χ3v) is 4.27. The molecule has 0 radical (unpaired) electrons.